The SMILES string of the molecule is C=O.CNC1CCNCCC(CN(C)C=N/C(=C\C=O)c2ccccc2)CCNC(c2cccc(F)c2)C1. The van der Waals surface area contributed by atoms with E-state index in [1.807, 2.05) is 63.6 Å². The summed E-state index contributed by atoms with van der Waals surface area (Å²) in [5.74, 6) is 0.268. The summed E-state index contributed by atoms with van der Waals surface area (Å²) in [5, 5.41) is 10.7. The number of nitrogens with one attached hydrogen (secondary N) is 3. The van der Waals surface area contributed by atoms with E-state index in [9.17, 15) is 9.18 Å². The molecule has 0 aliphatic carbocycles. The van der Waals surface area contributed by atoms with Gasteiger partial charge in [0.05, 0.1) is 12.0 Å². The predicted molar refractivity (Wildman–Crippen MR) is 154 cm³/mol. The van der Waals surface area contributed by atoms with Crippen molar-refractivity contribution in [2.45, 2.75) is 37.8 Å². The third-order valence-corrected chi connectivity index (χ3v) is 6.76. The maximum atomic E-state index is 13.9. The summed E-state index contributed by atoms with van der Waals surface area (Å²) in [4.78, 5) is 25.8. The van der Waals surface area contributed by atoms with Crippen molar-refractivity contribution in [3.63, 3.8) is 0 Å². The van der Waals surface area contributed by atoms with Crippen LogP contribution in [0.5, 0.6) is 0 Å². The van der Waals surface area contributed by atoms with Crippen LogP contribution in [0.4, 0.5) is 4.39 Å². The molecule has 3 rings (SSSR count). The summed E-state index contributed by atoms with van der Waals surface area (Å²) < 4.78 is 13.9. The minimum atomic E-state index is -0.194. The second kappa shape index (κ2) is 18.1. The molecule has 0 saturated carbocycles. The zero-order valence-corrected chi connectivity index (χ0v) is 22.6. The summed E-state index contributed by atoms with van der Waals surface area (Å²) in [5.41, 5.74) is 2.56. The van der Waals surface area contributed by atoms with Gasteiger partial charge in [-0.05, 0) is 76.0 Å². The van der Waals surface area contributed by atoms with Crippen molar-refractivity contribution in [3.8, 4) is 0 Å². The third-order valence-electron chi connectivity index (χ3n) is 6.76. The Hall–Kier alpha value is -3.20. The molecule has 1 aliphatic rings. The van der Waals surface area contributed by atoms with Crippen LogP contribution >= 0.6 is 0 Å². The van der Waals surface area contributed by atoms with Gasteiger partial charge in [0.15, 0.2) is 0 Å². The minimum Gasteiger partial charge on any atom is -0.365 e. The van der Waals surface area contributed by atoms with Crippen LogP contribution in [-0.4, -0.2) is 70.6 Å². The van der Waals surface area contributed by atoms with Crippen LogP contribution < -0.4 is 16.0 Å². The fourth-order valence-corrected chi connectivity index (χ4v) is 4.72. The molecular formula is C30H42FN5O2. The van der Waals surface area contributed by atoms with Gasteiger partial charge in [-0.25, -0.2) is 9.38 Å². The fraction of sp³-hybridized carbons (Fsp3) is 0.433. The van der Waals surface area contributed by atoms with E-state index in [0.717, 1.165) is 69.3 Å². The molecule has 1 fully saturated rings. The van der Waals surface area contributed by atoms with E-state index in [-0.39, 0.29) is 11.9 Å². The van der Waals surface area contributed by atoms with E-state index in [4.69, 9.17) is 4.79 Å². The van der Waals surface area contributed by atoms with Crippen LogP contribution in [0.15, 0.2) is 65.7 Å². The van der Waals surface area contributed by atoms with Crippen LogP contribution in [0, 0.1) is 11.7 Å². The Morgan fingerprint density at radius 2 is 1.84 bits per heavy atom. The number of aldehydes is 1. The summed E-state index contributed by atoms with van der Waals surface area (Å²) in [7, 11) is 4.02. The van der Waals surface area contributed by atoms with Crippen LogP contribution in [0.25, 0.3) is 5.70 Å². The van der Waals surface area contributed by atoms with Gasteiger partial charge < -0.3 is 25.6 Å². The van der Waals surface area contributed by atoms with E-state index in [0.29, 0.717) is 17.7 Å². The number of aliphatic imine (C=N–C) groups is 1. The lowest BCUT2D eigenvalue weighted by Crippen LogP contribution is -2.37. The monoisotopic (exact) mass is 523 g/mol. The van der Waals surface area contributed by atoms with Crippen molar-refractivity contribution < 1.29 is 14.0 Å². The van der Waals surface area contributed by atoms with Crippen molar-refractivity contribution in [1.82, 2.24) is 20.9 Å². The zero-order valence-electron chi connectivity index (χ0n) is 22.6. The first-order valence-electron chi connectivity index (χ1n) is 13.2. The molecule has 1 heterocycles. The van der Waals surface area contributed by atoms with Crippen LogP contribution in [0.1, 0.15) is 42.9 Å². The molecule has 0 spiro atoms. The molecule has 1 aliphatic heterocycles. The molecule has 0 radical (unpaired) electrons. The Morgan fingerprint density at radius 3 is 2.55 bits per heavy atom. The van der Waals surface area contributed by atoms with Crippen LogP contribution in [0.3, 0.4) is 0 Å². The van der Waals surface area contributed by atoms with Gasteiger partial charge in [-0.3, -0.25) is 4.79 Å². The lowest BCUT2D eigenvalue weighted by atomic mass is 9.95. The number of nitrogens with zero attached hydrogens (tertiary/aromatic N) is 2. The summed E-state index contributed by atoms with van der Waals surface area (Å²) in [6.45, 7) is 5.63. The zero-order chi connectivity index (χ0) is 27.6. The van der Waals surface area contributed by atoms with E-state index < -0.39 is 0 Å². The van der Waals surface area contributed by atoms with E-state index in [1.54, 1.807) is 12.1 Å². The Balaban J connectivity index is 0.00000247. The summed E-state index contributed by atoms with van der Waals surface area (Å²) in [6, 6.07) is 17.1. The summed E-state index contributed by atoms with van der Waals surface area (Å²) >= 11 is 0. The molecule has 1 saturated heterocycles. The molecule has 2 aromatic rings. The highest BCUT2D eigenvalue weighted by Gasteiger charge is 2.19. The number of halogens is 1. The minimum absolute atomic E-state index is 0.0967. The fourth-order valence-electron chi connectivity index (χ4n) is 4.72. The highest BCUT2D eigenvalue weighted by atomic mass is 19.1. The second-order valence-corrected chi connectivity index (χ2v) is 9.50. The number of allylic oxidation sites excluding steroid dienone is 1. The van der Waals surface area contributed by atoms with Gasteiger partial charge in [-0.2, -0.15) is 0 Å². The Kier molecular flexibility index (Phi) is 14.8. The van der Waals surface area contributed by atoms with Gasteiger partial charge in [0.25, 0.3) is 0 Å². The van der Waals surface area contributed by atoms with Crippen molar-refractivity contribution >= 4 is 25.1 Å². The molecule has 0 amide bonds. The van der Waals surface area contributed by atoms with Gasteiger partial charge >= 0.3 is 0 Å². The Bertz CT molecular complexity index is 1000. The molecule has 3 atom stereocenters. The first-order chi connectivity index (χ1) is 18.6. The number of rotatable bonds is 8. The number of carbonyl (C=O) groups excluding carboxylic acids is 2. The van der Waals surface area contributed by atoms with Crippen molar-refractivity contribution in [2.24, 2.45) is 10.9 Å². The summed E-state index contributed by atoms with van der Waals surface area (Å²) in [6.07, 6.45) is 8.07. The van der Waals surface area contributed by atoms with Crippen molar-refractivity contribution in [1.29, 1.82) is 0 Å². The van der Waals surface area contributed by atoms with Gasteiger partial charge in [-0.1, -0.05) is 42.5 Å². The third kappa shape index (κ3) is 11.0. The highest BCUT2D eigenvalue weighted by molar-refractivity contribution is 5.83. The molecule has 7 nitrogen and oxygen atoms in total. The lowest BCUT2D eigenvalue weighted by Gasteiger charge is -2.28. The standard InChI is InChI=1S/C29H40FN5O.CH2O/c1-31-27-13-16-32-15-11-23(12-17-33-29(20-27)25-9-6-10-26(30)19-25)21-35(2)22-34-28(14-18-36)24-7-4-3-5-8-24;1-2/h3-10,14,18-19,22-23,27,29,31-33H,11-13,15-17,20-21H2,1-2H3;1H2/b28-14-,34-22?;. The van der Waals surface area contributed by atoms with Gasteiger partial charge in [0.1, 0.15) is 18.9 Å². The molecule has 206 valence electrons. The van der Waals surface area contributed by atoms with E-state index >= 15 is 0 Å². The average Bonchev–Trinajstić information content (AvgIpc) is 2.94. The van der Waals surface area contributed by atoms with Crippen molar-refractivity contribution in [2.75, 3.05) is 40.3 Å². The molecule has 0 bridgehead atoms. The van der Waals surface area contributed by atoms with Gasteiger partial charge in [-0.15, -0.1) is 0 Å². The largest absolute Gasteiger partial charge is 0.365 e. The normalized spacial score (nSPS) is 21.4. The molecule has 38 heavy (non-hydrogen) atoms. The van der Waals surface area contributed by atoms with Gasteiger partial charge in [0, 0.05) is 37.3 Å². The smallest absolute Gasteiger partial charge is 0.145 e. The lowest BCUT2D eigenvalue weighted by molar-refractivity contribution is -0.104. The molecular weight excluding hydrogens is 481 g/mol. The van der Waals surface area contributed by atoms with Gasteiger partial charge in [0.2, 0.25) is 0 Å². The molecule has 0 aromatic heterocycles. The van der Waals surface area contributed by atoms with Crippen LogP contribution in [0.2, 0.25) is 0 Å². The molecule has 3 unspecified atom stereocenters. The van der Waals surface area contributed by atoms with Crippen LogP contribution in [-0.2, 0) is 9.59 Å². The molecule has 8 heteroatoms. The first-order valence-corrected chi connectivity index (χ1v) is 13.2. The maximum absolute atomic E-state index is 13.9. The topological polar surface area (TPSA) is 85.8 Å². The molecule has 2 aromatic carbocycles. The van der Waals surface area contributed by atoms with Crippen molar-refractivity contribution in [3.05, 3.63) is 77.6 Å². The quantitative estimate of drug-likeness (QED) is 0.211. The second-order valence-electron chi connectivity index (χ2n) is 9.50. The van der Waals surface area contributed by atoms with E-state index in [1.165, 1.54) is 12.1 Å². The highest BCUT2D eigenvalue weighted by Crippen LogP contribution is 2.22. The number of hydrogen-bond donors (Lipinski definition) is 3. The average molecular weight is 524 g/mol. The maximum Gasteiger partial charge on any atom is 0.145 e. The number of carbonyl (C=O) groups is 2. The Labute approximate surface area is 226 Å². The number of benzene rings is 2. The predicted octanol–water partition coefficient (Wildman–Crippen LogP) is 3.84. The first kappa shape index (κ1) is 31.0. The van der Waals surface area contributed by atoms with E-state index in [2.05, 4.69) is 25.8 Å². The Morgan fingerprint density at radius 1 is 1.11 bits per heavy atom. The molecule has 3 N–H and O–H groups in total. The number of hydrogen-bond acceptors (Lipinski definition) is 6.